The molecule has 0 aromatic rings. The molecule has 1 aliphatic rings. The van der Waals surface area contributed by atoms with Gasteiger partial charge in [0, 0.05) is 20.1 Å². The maximum absolute atomic E-state index is 11.4. The molecule has 1 rings (SSSR count). The van der Waals surface area contributed by atoms with Crippen LogP contribution in [0.1, 0.15) is 32.6 Å². The maximum Gasteiger partial charge on any atom is 0.308 e. The third kappa shape index (κ3) is 4.23. The van der Waals surface area contributed by atoms with Crippen molar-refractivity contribution in [1.29, 1.82) is 0 Å². The predicted octanol–water partition coefficient (Wildman–Crippen LogP) is 1.13. The summed E-state index contributed by atoms with van der Waals surface area (Å²) in [7, 11) is 3.31. The van der Waals surface area contributed by atoms with E-state index in [4.69, 9.17) is 14.2 Å². The summed E-state index contributed by atoms with van der Waals surface area (Å²) in [6.07, 6.45) is 1.91. The highest BCUT2D eigenvalue weighted by Crippen LogP contribution is 2.31. The zero-order valence-electron chi connectivity index (χ0n) is 11.4. The highest BCUT2D eigenvalue weighted by atomic mass is 16.5. The Morgan fingerprint density at radius 2 is 2.06 bits per heavy atom. The third-order valence-corrected chi connectivity index (χ3v) is 3.60. The molecule has 0 aromatic carbocycles. The molecular formula is C13H24O5. The second-order valence-corrected chi connectivity index (χ2v) is 4.69. The van der Waals surface area contributed by atoms with Crippen LogP contribution in [0.25, 0.3) is 0 Å². The van der Waals surface area contributed by atoms with Gasteiger partial charge in [0.2, 0.25) is 0 Å². The van der Waals surface area contributed by atoms with Crippen molar-refractivity contribution < 1.29 is 24.1 Å². The lowest BCUT2D eigenvalue weighted by Crippen LogP contribution is -2.41. The van der Waals surface area contributed by atoms with Crippen LogP contribution in [0.2, 0.25) is 0 Å². The van der Waals surface area contributed by atoms with Crippen LogP contribution >= 0.6 is 0 Å². The van der Waals surface area contributed by atoms with E-state index in [0.29, 0.717) is 6.61 Å². The van der Waals surface area contributed by atoms with Crippen molar-refractivity contribution in [1.82, 2.24) is 0 Å². The van der Waals surface area contributed by atoms with Crippen LogP contribution in [0.5, 0.6) is 0 Å². The monoisotopic (exact) mass is 260 g/mol. The number of ether oxygens (including phenoxy) is 3. The van der Waals surface area contributed by atoms with Gasteiger partial charge in [-0.25, -0.2) is 0 Å². The summed E-state index contributed by atoms with van der Waals surface area (Å²) in [4.78, 5) is 11.4. The molecular weight excluding hydrogens is 236 g/mol. The topological polar surface area (TPSA) is 65.0 Å². The van der Waals surface area contributed by atoms with E-state index >= 15 is 0 Å². The molecule has 4 atom stereocenters. The van der Waals surface area contributed by atoms with Gasteiger partial charge in [-0.1, -0.05) is 0 Å². The van der Waals surface area contributed by atoms with Crippen LogP contribution in [0, 0.1) is 5.92 Å². The van der Waals surface area contributed by atoms with Gasteiger partial charge >= 0.3 is 5.97 Å². The van der Waals surface area contributed by atoms with Crippen LogP contribution in [-0.2, 0) is 19.0 Å². The van der Waals surface area contributed by atoms with E-state index in [1.165, 1.54) is 0 Å². The van der Waals surface area contributed by atoms with Crippen LogP contribution in [0.4, 0.5) is 0 Å². The number of rotatable bonds is 6. The van der Waals surface area contributed by atoms with Gasteiger partial charge in [0.1, 0.15) is 0 Å². The van der Waals surface area contributed by atoms with Gasteiger partial charge in [-0.3, -0.25) is 4.79 Å². The fourth-order valence-corrected chi connectivity index (χ4v) is 2.59. The molecule has 106 valence electrons. The summed E-state index contributed by atoms with van der Waals surface area (Å²) < 4.78 is 15.6. The molecule has 1 fully saturated rings. The number of carbonyl (C=O) groups is 1. The summed E-state index contributed by atoms with van der Waals surface area (Å²) in [6.45, 7) is 2.09. The van der Waals surface area contributed by atoms with Crippen LogP contribution in [0.15, 0.2) is 0 Å². The molecule has 0 spiro atoms. The van der Waals surface area contributed by atoms with Gasteiger partial charge in [0.05, 0.1) is 31.3 Å². The van der Waals surface area contributed by atoms with Gasteiger partial charge in [0.15, 0.2) is 0 Å². The van der Waals surface area contributed by atoms with Crippen molar-refractivity contribution in [2.75, 3.05) is 20.8 Å². The largest absolute Gasteiger partial charge is 0.466 e. The summed E-state index contributed by atoms with van der Waals surface area (Å²) in [5, 5.41) is 10.1. The number of aliphatic hydroxyl groups is 1. The quantitative estimate of drug-likeness (QED) is 0.725. The van der Waals surface area contributed by atoms with Gasteiger partial charge in [-0.15, -0.1) is 0 Å². The molecule has 0 saturated heterocycles. The molecule has 0 radical (unpaired) electrons. The van der Waals surface area contributed by atoms with E-state index in [1.807, 2.05) is 0 Å². The predicted molar refractivity (Wildman–Crippen MR) is 66.2 cm³/mol. The molecule has 1 N–H and O–H groups in total. The van der Waals surface area contributed by atoms with E-state index in [9.17, 15) is 9.90 Å². The van der Waals surface area contributed by atoms with Gasteiger partial charge in [-0.2, -0.15) is 0 Å². The molecule has 0 heterocycles. The van der Waals surface area contributed by atoms with Gasteiger partial charge < -0.3 is 19.3 Å². The molecule has 5 nitrogen and oxygen atoms in total. The van der Waals surface area contributed by atoms with E-state index in [1.54, 1.807) is 21.1 Å². The smallest absolute Gasteiger partial charge is 0.308 e. The van der Waals surface area contributed by atoms with Crippen LogP contribution in [0.3, 0.4) is 0 Å². The molecule has 5 heteroatoms. The van der Waals surface area contributed by atoms with Crippen LogP contribution < -0.4 is 0 Å². The Bertz CT molecular complexity index is 256. The van der Waals surface area contributed by atoms with Crippen molar-refractivity contribution in [3.05, 3.63) is 0 Å². The first-order valence-electron chi connectivity index (χ1n) is 6.51. The third-order valence-electron chi connectivity index (χ3n) is 3.60. The number of hydrogen-bond donors (Lipinski definition) is 1. The lowest BCUT2D eigenvalue weighted by molar-refractivity contribution is -0.148. The average Bonchev–Trinajstić information content (AvgIpc) is 2.38. The zero-order chi connectivity index (χ0) is 13.5. The number of methoxy groups -OCH3 is 2. The van der Waals surface area contributed by atoms with Gasteiger partial charge in [0.25, 0.3) is 0 Å². The van der Waals surface area contributed by atoms with E-state index in [-0.39, 0.29) is 30.5 Å². The standard InChI is InChI=1S/C13H24O5/c1-4-18-13(15)8-11(14)10-7-9(16-2)5-6-12(10)17-3/h9-12,14H,4-8H2,1-3H3. The minimum atomic E-state index is -0.730. The number of carbonyl (C=O) groups excluding carboxylic acids is 1. The van der Waals surface area contributed by atoms with Gasteiger partial charge in [-0.05, 0) is 26.2 Å². The zero-order valence-corrected chi connectivity index (χ0v) is 11.4. The normalized spacial score (nSPS) is 29.9. The average molecular weight is 260 g/mol. The van der Waals surface area contributed by atoms with Crippen molar-refractivity contribution in [3.63, 3.8) is 0 Å². The first-order valence-corrected chi connectivity index (χ1v) is 6.51. The second-order valence-electron chi connectivity index (χ2n) is 4.69. The Morgan fingerprint density at radius 1 is 1.33 bits per heavy atom. The Labute approximate surface area is 108 Å². The lowest BCUT2D eigenvalue weighted by atomic mass is 9.80. The van der Waals surface area contributed by atoms with Crippen molar-refractivity contribution in [2.24, 2.45) is 5.92 Å². The Balaban J connectivity index is 2.55. The molecule has 1 saturated carbocycles. The highest BCUT2D eigenvalue weighted by molar-refractivity contribution is 5.69. The minimum Gasteiger partial charge on any atom is -0.466 e. The molecule has 0 aliphatic heterocycles. The van der Waals surface area contributed by atoms with Crippen molar-refractivity contribution in [3.8, 4) is 0 Å². The van der Waals surface area contributed by atoms with Crippen molar-refractivity contribution in [2.45, 2.75) is 50.9 Å². The molecule has 4 unspecified atom stereocenters. The summed E-state index contributed by atoms with van der Waals surface area (Å²) in [5.74, 6) is -0.433. The van der Waals surface area contributed by atoms with Crippen molar-refractivity contribution >= 4 is 5.97 Å². The summed E-state index contributed by atoms with van der Waals surface area (Å²) in [6, 6.07) is 0. The first-order chi connectivity index (χ1) is 8.62. The molecule has 0 bridgehead atoms. The number of esters is 1. The maximum atomic E-state index is 11.4. The van der Waals surface area contributed by atoms with E-state index in [0.717, 1.165) is 19.3 Å². The SMILES string of the molecule is CCOC(=O)CC(O)C1CC(OC)CCC1OC. The fraction of sp³-hybridized carbons (Fsp3) is 0.923. The van der Waals surface area contributed by atoms with E-state index in [2.05, 4.69) is 0 Å². The lowest BCUT2D eigenvalue weighted by Gasteiger charge is -2.37. The minimum absolute atomic E-state index is 0.0131. The summed E-state index contributed by atoms with van der Waals surface area (Å²) >= 11 is 0. The molecule has 18 heavy (non-hydrogen) atoms. The van der Waals surface area contributed by atoms with E-state index < -0.39 is 6.10 Å². The van der Waals surface area contributed by atoms with Crippen LogP contribution in [-0.4, -0.2) is 50.2 Å². The second kappa shape index (κ2) is 7.71. The molecule has 0 amide bonds. The Kier molecular flexibility index (Phi) is 6.60. The molecule has 0 aromatic heterocycles. The summed E-state index contributed by atoms with van der Waals surface area (Å²) in [5.41, 5.74) is 0. The Hall–Kier alpha value is -0.650. The fourth-order valence-electron chi connectivity index (χ4n) is 2.59. The highest BCUT2D eigenvalue weighted by Gasteiger charge is 2.36. The number of aliphatic hydroxyl groups excluding tert-OH is 1. The Morgan fingerprint density at radius 3 is 2.61 bits per heavy atom. The first kappa shape index (κ1) is 15.4. The molecule has 1 aliphatic carbocycles. The number of hydrogen-bond acceptors (Lipinski definition) is 5.